The second-order valence-corrected chi connectivity index (χ2v) is 11.5. The van der Waals surface area contributed by atoms with E-state index in [1.807, 2.05) is 13.0 Å². The summed E-state index contributed by atoms with van der Waals surface area (Å²) in [6.07, 6.45) is 3.31. The van der Waals surface area contributed by atoms with Gasteiger partial charge in [0.05, 0.1) is 37.0 Å². The first-order valence-electron chi connectivity index (χ1n) is 15.4. The van der Waals surface area contributed by atoms with Crippen LogP contribution in [0.15, 0.2) is 24.3 Å². The fourth-order valence-electron chi connectivity index (χ4n) is 6.42. The van der Waals surface area contributed by atoms with Crippen molar-refractivity contribution in [1.82, 2.24) is 19.9 Å². The average Bonchev–Trinajstić information content (AvgIpc) is 3.67. The molecule has 0 aromatic carbocycles. The lowest BCUT2D eigenvalue weighted by molar-refractivity contribution is -0.141. The molecule has 0 amide bonds. The first-order chi connectivity index (χ1) is 21.1. The molecule has 3 aromatic rings. The Hall–Kier alpha value is -4.46. The van der Waals surface area contributed by atoms with Gasteiger partial charge in [-0.25, -0.2) is 9.97 Å². The van der Waals surface area contributed by atoms with E-state index in [2.05, 4.69) is 62.8 Å². The number of hydrogen-bond donors (Lipinski definition) is 2. The Morgan fingerprint density at radius 2 is 1.02 bits per heavy atom. The van der Waals surface area contributed by atoms with E-state index in [0.29, 0.717) is 12.8 Å². The van der Waals surface area contributed by atoms with Gasteiger partial charge in [0.1, 0.15) is 0 Å². The summed E-state index contributed by atoms with van der Waals surface area (Å²) in [5.74, 6) is -0.516. The summed E-state index contributed by atoms with van der Waals surface area (Å²) in [5, 5.41) is 0. The number of rotatable bonds is 8. The van der Waals surface area contributed by atoms with E-state index >= 15 is 0 Å². The number of methoxy groups -OCH3 is 2. The highest BCUT2D eigenvalue weighted by molar-refractivity contribution is 5.96. The summed E-state index contributed by atoms with van der Waals surface area (Å²) in [6, 6.07) is 8.45. The molecule has 2 N–H and O–H groups in total. The van der Waals surface area contributed by atoms with Crippen LogP contribution in [0.5, 0.6) is 0 Å². The van der Waals surface area contributed by atoms with Crippen LogP contribution in [0.25, 0.3) is 44.4 Å². The van der Waals surface area contributed by atoms with Gasteiger partial charge < -0.3 is 19.4 Å². The van der Waals surface area contributed by atoms with E-state index in [9.17, 15) is 9.59 Å². The first kappa shape index (κ1) is 31.0. The minimum absolute atomic E-state index is 0.257. The molecule has 3 aromatic heterocycles. The second kappa shape index (κ2) is 12.6. The maximum atomic E-state index is 12.2. The quantitative estimate of drug-likeness (QED) is 0.257. The van der Waals surface area contributed by atoms with Crippen LogP contribution in [0, 0.1) is 13.8 Å². The van der Waals surface area contributed by atoms with Crippen LogP contribution in [0.4, 0.5) is 0 Å². The molecule has 0 aliphatic carbocycles. The topological polar surface area (TPSA) is 110 Å². The van der Waals surface area contributed by atoms with Gasteiger partial charge in [-0.15, -0.1) is 0 Å². The van der Waals surface area contributed by atoms with Crippen LogP contribution in [0.3, 0.4) is 0 Å². The van der Waals surface area contributed by atoms with Crippen LogP contribution in [-0.2, 0) is 31.9 Å². The van der Waals surface area contributed by atoms with Crippen LogP contribution >= 0.6 is 0 Å². The molecule has 5 heterocycles. The van der Waals surface area contributed by atoms with Gasteiger partial charge in [-0.3, -0.25) is 9.59 Å². The summed E-state index contributed by atoms with van der Waals surface area (Å²) in [5.41, 5.74) is 16.4. The average molecular weight is 595 g/mol. The lowest BCUT2D eigenvalue weighted by Gasteiger charge is -2.05. The number of carbonyl (C=O) groups is 2. The normalized spacial score (nSPS) is 13.1. The summed E-state index contributed by atoms with van der Waals surface area (Å²) in [4.78, 5) is 41.9. The zero-order valence-corrected chi connectivity index (χ0v) is 27.1. The van der Waals surface area contributed by atoms with Crippen molar-refractivity contribution in [2.75, 3.05) is 14.2 Å². The summed E-state index contributed by atoms with van der Waals surface area (Å²) in [6.45, 7) is 12.8. The molecule has 8 nitrogen and oxygen atoms in total. The van der Waals surface area contributed by atoms with Crippen molar-refractivity contribution in [2.45, 2.75) is 80.1 Å². The van der Waals surface area contributed by atoms with E-state index in [1.165, 1.54) is 36.5 Å². The van der Waals surface area contributed by atoms with Crippen LogP contribution < -0.4 is 0 Å². The van der Waals surface area contributed by atoms with Gasteiger partial charge in [-0.2, -0.15) is 0 Å². The van der Waals surface area contributed by atoms with Crippen molar-refractivity contribution in [3.8, 4) is 0 Å². The van der Waals surface area contributed by atoms with Gasteiger partial charge in [0.2, 0.25) is 0 Å². The van der Waals surface area contributed by atoms with Gasteiger partial charge in [-0.1, -0.05) is 13.8 Å². The van der Waals surface area contributed by atoms with Crippen molar-refractivity contribution in [3.05, 3.63) is 69.3 Å². The highest BCUT2D eigenvalue weighted by Crippen LogP contribution is 2.38. The number of carbonyl (C=O) groups excluding carboxylic acids is 2. The fraction of sp³-hybridized carbons (Fsp3) is 0.389. The number of aromatic nitrogens is 4. The standard InChI is InChI=1S/C36H42N4O4/c1-9-23-19(3)27-15-28-21(5)25(11-13-35(41)43-7)34(39-28)17-30-22(6)26(12-14-36(42)44-8)33(40-30)16-29-20(4)24(10-2)32(38-29)18-31(23)37-27/h15-18,37-38H,9-14H2,1-8H3. The molecule has 0 atom stereocenters. The highest BCUT2D eigenvalue weighted by Gasteiger charge is 2.23. The van der Waals surface area contributed by atoms with Gasteiger partial charge in [0.25, 0.3) is 0 Å². The van der Waals surface area contributed by atoms with Crippen molar-refractivity contribution < 1.29 is 19.1 Å². The van der Waals surface area contributed by atoms with Crippen molar-refractivity contribution in [1.29, 1.82) is 0 Å². The molecule has 44 heavy (non-hydrogen) atoms. The molecule has 230 valence electrons. The van der Waals surface area contributed by atoms with Crippen molar-refractivity contribution in [2.24, 2.45) is 0 Å². The number of H-pyrrole nitrogens is 2. The number of allylic oxidation sites excluding steroid dienone is 4. The fourth-order valence-corrected chi connectivity index (χ4v) is 6.42. The molecule has 0 unspecified atom stereocenters. The highest BCUT2D eigenvalue weighted by atomic mass is 16.5. The summed E-state index contributed by atoms with van der Waals surface area (Å²) >= 11 is 0. The number of aromatic amines is 2. The molecule has 5 rings (SSSR count). The Morgan fingerprint density at radius 1 is 0.614 bits per heavy atom. The number of fused-ring (bicyclic) bond motifs is 8. The molecule has 0 fully saturated rings. The van der Waals surface area contributed by atoms with E-state index in [4.69, 9.17) is 19.4 Å². The minimum atomic E-state index is -0.259. The molecular weight excluding hydrogens is 552 g/mol. The molecule has 0 saturated heterocycles. The molecular formula is C36H42N4O4. The van der Waals surface area contributed by atoms with E-state index in [0.717, 1.165) is 80.0 Å². The van der Waals surface area contributed by atoms with Gasteiger partial charge in [-0.05, 0) is 122 Å². The van der Waals surface area contributed by atoms with Gasteiger partial charge >= 0.3 is 11.9 Å². The number of hydrogen-bond acceptors (Lipinski definition) is 6. The van der Waals surface area contributed by atoms with Crippen molar-refractivity contribution in [3.63, 3.8) is 0 Å². The number of esters is 2. The maximum Gasteiger partial charge on any atom is 0.305 e. The minimum Gasteiger partial charge on any atom is -0.469 e. The predicted molar refractivity (Wildman–Crippen MR) is 177 cm³/mol. The Kier molecular flexibility index (Phi) is 8.90. The number of aryl methyl sites for hydroxylation is 4. The monoisotopic (exact) mass is 594 g/mol. The zero-order valence-electron chi connectivity index (χ0n) is 27.1. The third-order valence-corrected chi connectivity index (χ3v) is 9.12. The van der Waals surface area contributed by atoms with Gasteiger partial charge in [0.15, 0.2) is 0 Å². The van der Waals surface area contributed by atoms with Crippen molar-refractivity contribution >= 4 is 56.3 Å². The lowest BCUT2D eigenvalue weighted by Crippen LogP contribution is -2.00. The third kappa shape index (κ3) is 5.73. The van der Waals surface area contributed by atoms with E-state index in [-0.39, 0.29) is 24.8 Å². The molecule has 2 aliphatic rings. The number of nitrogens with one attached hydrogen (secondary N) is 2. The van der Waals surface area contributed by atoms with Crippen LogP contribution in [0.1, 0.15) is 98.4 Å². The zero-order chi connectivity index (χ0) is 31.7. The molecule has 2 aliphatic heterocycles. The Balaban J connectivity index is 1.88. The second-order valence-electron chi connectivity index (χ2n) is 11.5. The smallest absolute Gasteiger partial charge is 0.305 e. The predicted octanol–water partition coefficient (Wildman–Crippen LogP) is 7.82. The molecule has 0 radical (unpaired) electrons. The molecule has 8 bridgehead atoms. The summed E-state index contributed by atoms with van der Waals surface area (Å²) in [7, 11) is 2.82. The van der Waals surface area contributed by atoms with E-state index < -0.39 is 0 Å². The van der Waals surface area contributed by atoms with Gasteiger partial charge in [0, 0.05) is 34.9 Å². The van der Waals surface area contributed by atoms with Crippen LogP contribution in [-0.4, -0.2) is 46.1 Å². The third-order valence-electron chi connectivity index (χ3n) is 9.12. The largest absolute Gasteiger partial charge is 0.469 e. The molecule has 8 heteroatoms. The lowest BCUT2D eigenvalue weighted by atomic mass is 9.99. The number of nitrogens with zero attached hydrogens (tertiary/aromatic N) is 2. The Labute approximate surface area is 258 Å². The molecule has 0 saturated carbocycles. The number of ether oxygens (including phenoxy) is 2. The Morgan fingerprint density at radius 3 is 1.45 bits per heavy atom. The Bertz CT molecular complexity index is 1890. The van der Waals surface area contributed by atoms with E-state index in [1.54, 1.807) is 0 Å². The maximum absolute atomic E-state index is 12.2. The van der Waals surface area contributed by atoms with Crippen LogP contribution in [0.2, 0.25) is 0 Å². The molecule has 0 spiro atoms. The summed E-state index contributed by atoms with van der Waals surface area (Å²) < 4.78 is 9.90. The SMILES string of the molecule is CCc1c(C)c2cc3nc(cc4nc(cc5[nH]c(cc1[nH]2)c(CC)c5C)C(CCC(=O)OC)=C4C)C(CCC(=O)OC)=C3C. The first-order valence-corrected chi connectivity index (χ1v) is 15.4.